The van der Waals surface area contributed by atoms with Gasteiger partial charge in [0.1, 0.15) is 5.82 Å². The Morgan fingerprint density at radius 2 is 1.44 bits per heavy atom. The van der Waals surface area contributed by atoms with E-state index in [1.165, 1.54) is 16.4 Å². The van der Waals surface area contributed by atoms with E-state index >= 15 is 0 Å². The molecule has 0 unspecified atom stereocenters. The van der Waals surface area contributed by atoms with Crippen molar-refractivity contribution in [3.8, 4) is 0 Å². The van der Waals surface area contributed by atoms with Gasteiger partial charge < -0.3 is 9.80 Å². The minimum absolute atomic E-state index is 0.251. The van der Waals surface area contributed by atoms with Crippen LogP contribution in [0, 0.1) is 5.82 Å². The quantitative estimate of drug-likeness (QED) is 0.807. The molecule has 0 spiro atoms. The number of nitrogens with zero attached hydrogens (tertiary/aromatic N) is 4. The summed E-state index contributed by atoms with van der Waals surface area (Å²) in [6, 6.07) is 14.9. The van der Waals surface area contributed by atoms with E-state index in [-0.39, 0.29) is 10.7 Å². The van der Waals surface area contributed by atoms with Crippen LogP contribution in [0.25, 0.3) is 0 Å². The van der Waals surface area contributed by atoms with Crippen LogP contribution in [0.1, 0.15) is 0 Å². The maximum absolute atomic E-state index is 13.1. The third kappa shape index (κ3) is 3.49. The molecule has 0 amide bonds. The van der Waals surface area contributed by atoms with Crippen molar-refractivity contribution < 1.29 is 12.8 Å². The Morgan fingerprint density at radius 1 is 0.815 bits per heavy atom. The summed E-state index contributed by atoms with van der Waals surface area (Å²) in [6.45, 7) is 3.62. The minimum Gasteiger partial charge on any atom is -0.368 e. The standard InChI is InChI=1S/C19H21FN4O2S/c20-16-6-8-17(9-7-16)22-12-14-23(15-13-22)19-21-10-11-24(19)27(25,26)18-4-2-1-3-5-18/h1-9H,10-15H2. The van der Waals surface area contributed by atoms with Crippen LogP contribution in [0.5, 0.6) is 0 Å². The van der Waals surface area contributed by atoms with Crippen molar-refractivity contribution >= 4 is 21.7 Å². The Labute approximate surface area is 158 Å². The Bertz CT molecular complexity index is 924. The van der Waals surface area contributed by atoms with Crippen LogP contribution >= 0.6 is 0 Å². The van der Waals surface area contributed by atoms with Crippen molar-refractivity contribution in [1.29, 1.82) is 0 Å². The van der Waals surface area contributed by atoms with Crippen LogP contribution in [0.2, 0.25) is 0 Å². The number of aliphatic imine (C=N–C) groups is 1. The number of benzene rings is 2. The second kappa shape index (κ2) is 7.19. The summed E-state index contributed by atoms with van der Waals surface area (Å²) >= 11 is 0. The van der Waals surface area contributed by atoms with Gasteiger partial charge in [-0.3, -0.25) is 4.99 Å². The van der Waals surface area contributed by atoms with Gasteiger partial charge in [-0.2, -0.15) is 0 Å². The first-order chi connectivity index (χ1) is 13.1. The highest BCUT2D eigenvalue weighted by Gasteiger charge is 2.34. The zero-order valence-electron chi connectivity index (χ0n) is 14.8. The molecular weight excluding hydrogens is 367 g/mol. The van der Waals surface area contributed by atoms with Crippen LogP contribution in [0.15, 0.2) is 64.5 Å². The van der Waals surface area contributed by atoms with Gasteiger partial charge in [0.2, 0.25) is 5.96 Å². The minimum atomic E-state index is -3.60. The molecule has 0 N–H and O–H groups in total. The summed E-state index contributed by atoms with van der Waals surface area (Å²) in [4.78, 5) is 8.93. The van der Waals surface area contributed by atoms with Gasteiger partial charge in [0.25, 0.3) is 10.0 Å². The molecule has 2 aliphatic heterocycles. The van der Waals surface area contributed by atoms with Gasteiger partial charge in [0, 0.05) is 31.9 Å². The monoisotopic (exact) mass is 388 g/mol. The molecule has 2 aromatic rings. The fourth-order valence-corrected chi connectivity index (χ4v) is 4.91. The summed E-state index contributed by atoms with van der Waals surface area (Å²) in [5.41, 5.74) is 0.971. The van der Waals surface area contributed by atoms with Gasteiger partial charge in [-0.1, -0.05) is 18.2 Å². The molecule has 0 saturated carbocycles. The smallest absolute Gasteiger partial charge is 0.266 e. The van der Waals surface area contributed by atoms with Gasteiger partial charge in [0.05, 0.1) is 18.0 Å². The Morgan fingerprint density at radius 3 is 2.11 bits per heavy atom. The van der Waals surface area contributed by atoms with Crippen LogP contribution in [-0.4, -0.2) is 62.9 Å². The molecule has 0 radical (unpaired) electrons. The number of anilines is 1. The Hall–Kier alpha value is -2.61. The van der Waals surface area contributed by atoms with Crippen molar-refractivity contribution in [2.24, 2.45) is 4.99 Å². The zero-order valence-corrected chi connectivity index (χ0v) is 15.6. The SMILES string of the molecule is O=S(=O)(c1ccccc1)N1CCN=C1N1CCN(c2ccc(F)cc2)CC1. The first-order valence-corrected chi connectivity index (χ1v) is 10.4. The number of hydrogen-bond donors (Lipinski definition) is 0. The predicted octanol–water partition coefficient (Wildman–Crippen LogP) is 2.01. The molecule has 0 atom stereocenters. The molecule has 0 aromatic heterocycles. The highest BCUT2D eigenvalue weighted by molar-refractivity contribution is 7.89. The van der Waals surface area contributed by atoms with Crippen LogP contribution in [0.4, 0.5) is 10.1 Å². The number of hydrogen-bond acceptors (Lipinski definition) is 5. The lowest BCUT2D eigenvalue weighted by Crippen LogP contribution is -2.53. The van der Waals surface area contributed by atoms with Gasteiger partial charge in [0.15, 0.2) is 0 Å². The zero-order chi connectivity index (χ0) is 18.9. The van der Waals surface area contributed by atoms with Crippen molar-refractivity contribution in [1.82, 2.24) is 9.21 Å². The van der Waals surface area contributed by atoms with E-state index in [2.05, 4.69) is 9.89 Å². The molecule has 27 heavy (non-hydrogen) atoms. The predicted molar refractivity (Wildman–Crippen MR) is 103 cm³/mol. The molecule has 2 aromatic carbocycles. The number of guanidine groups is 1. The van der Waals surface area contributed by atoms with Crippen LogP contribution < -0.4 is 4.90 Å². The molecule has 142 valence electrons. The fraction of sp³-hybridized carbons (Fsp3) is 0.316. The van der Waals surface area contributed by atoms with Crippen molar-refractivity contribution in [2.75, 3.05) is 44.2 Å². The number of sulfonamides is 1. The topological polar surface area (TPSA) is 56.2 Å². The van der Waals surface area contributed by atoms with Gasteiger partial charge in [-0.25, -0.2) is 17.1 Å². The Kier molecular flexibility index (Phi) is 4.73. The van der Waals surface area contributed by atoms with Crippen LogP contribution in [-0.2, 0) is 10.0 Å². The maximum Gasteiger partial charge on any atom is 0.266 e. The summed E-state index contributed by atoms with van der Waals surface area (Å²) in [5.74, 6) is 0.275. The van der Waals surface area contributed by atoms with Crippen molar-refractivity contribution in [3.05, 3.63) is 60.4 Å². The molecular formula is C19H21FN4O2S. The second-order valence-electron chi connectivity index (χ2n) is 6.52. The highest BCUT2D eigenvalue weighted by Crippen LogP contribution is 2.22. The third-order valence-electron chi connectivity index (χ3n) is 4.86. The average molecular weight is 388 g/mol. The number of rotatable bonds is 3. The molecule has 2 heterocycles. The first kappa shape index (κ1) is 17.8. The highest BCUT2D eigenvalue weighted by atomic mass is 32.2. The first-order valence-electron chi connectivity index (χ1n) is 8.93. The van der Waals surface area contributed by atoms with Crippen molar-refractivity contribution in [2.45, 2.75) is 4.90 Å². The largest absolute Gasteiger partial charge is 0.368 e. The number of halogens is 1. The lowest BCUT2D eigenvalue weighted by atomic mass is 10.2. The molecule has 4 rings (SSSR count). The van der Waals surface area contributed by atoms with E-state index in [4.69, 9.17) is 0 Å². The average Bonchev–Trinajstić information content (AvgIpc) is 3.20. The Balaban J connectivity index is 1.47. The molecule has 1 fully saturated rings. The van der Waals surface area contributed by atoms with Crippen LogP contribution in [0.3, 0.4) is 0 Å². The molecule has 0 bridgehead atoms. The molecule has 2 aliphatic rings. The molecule has 1 saturated heterocycles. The van der Waals surface area contributed by atoms with E-state index < -0.39 is 10.0 Å². The molecule has 0 aliphatic carbocycles. The van der Waals surface area contributed by atoms with E-state index in [0.29, 0.717) is 32.1 Å². The van der Waals surface area contributed by atoms with E-state index in [9.17, 15) is 12.8 Å². The fourth-order valence-electron chi connectivity index (χ4n) is 3.44. The lowest BCUT2D eigenvalue weighted by molar-refractivity contribution is 0.358. The van der Waals surface area contributed by atoms with E-state index in [1.54, 1.807) is 42.5 Å². The molecule has 6 nitrogen and oxygen atoms in total. The summed E-state index contributed by atoms with van der Waals surface area (Å²) in [7, 11) is -3.60. The van der Waals surface area contributed by atoms with Gasteiger partial charge in [-0.05, 0) is 36.4 Å². The second-order valence-corrected chi connectivity index (χ2v) is 8.38. The van der Waals surface area contributed by atoms with Crippen molar-refractivity contribution in [3.63, 3.8) is 0 Å². The van der Waals surface area contributed by atoms with Gasteiger partial charge in [-0.15, -0.1) is 0 Å². The third-order valence-corrected chi connectivity index (χ3v) is 6.66. The number of piperazine rings is 1. The molecule has 8 heteroatoms. The summed E-state index contributed by atoms with van der Waals surface area (Å²) < 4.78 is 40.5. The summed E-state index contributed by atoms with van der Waals surface area (Å²) in [5, 5.41) is 0. The lowest BCUT2D eigenvalue weighted by Gasteiger charge is -2.38. The van der Waals surface area contributed by atoms with E-state index in [0.717, 1.165) is 18.8 Å². The van der Waals surface area contributed by atoms with Gasteiger partial charge >= 0.3 is 0 Å². The normalized spacial score (nSPS) is 18.0. The van der Waals surface area contributed by atoms with E-state index in [1.807, 2.05) is 4.90 Å². The summed E-state index contributed by atoms with van der Waals surface area (Å²) in [6.07, 6.45) is 0. The maximum atomic E-state index is 13.1.